The van der Waals surface area contributed by atoms with Crippen LogP contribution in [0.4, 0.5) is 8.78 Å². The molecule has 27 heavy (non-hydrogen) atoms. The van der Waals surface area contributed by atoms with Crippen molar-refractivity contribution in [2.24, 2.45) is 0 Å². The van der Waals surface area contributed by atoms with Crippen molar-refractivity contribution in [2.75, 3.05) is 32.8 Å². The highest BCUT2D eigenvalue weighted by Crippen LogP contribution is 2.15. The van der Waals surface area contributed by atoms with Crippen LogP contribution >= 0.6 is 0 Å². The van der Waals surface area contributed by atoms with E-state index in [-0.39, 0.29) is 29.8 Å². The van der Waals surface area contributed by atoms with Crippen molar-refractivity contribution < 1.29 is 23.1 Å². The SMILES string of the molecule is Cc1ccc(F)c(C(=O)N2CCN(C(=O)COc3ccc(F)cc3)CC2)c1. The van der Waals surface area contributed by atoms with E-state index in [4.69, 9.17) is 4.74 Å². The van der Waals surface area contributed by atoms with Gasteiger partial charge >= 0.3 is 0 Å². The molecule has 1 aliphatic heterocycles. The molecule has 0 unspecified atom stereocenters. The average molecular weight is 374 g/mol. The monoisotopic (exact) mass is 374 g/mol. The average Bonchev–Trinajstić information content (AvgIpc) is 2.69. The van der Waals surface area contributed by atoms with E-state index in [9.17, 15) is 18.4 Å². The predicted molar refractivity (Wildman–Crippen MR) is 95.5 cm³/mol. The molecule has 1 fully saturated rings. The maximum absolute atomic E-state index is 13.9. The largest absolute Gasteiger partial charge is 0.484 e. The zero-order valence-electron chi connectivity index (χ0n) is 15.0. The van der Waals surface area contributed by atoms with Gasteiger partial charge in [0.2, 0.25) is 0 Å². The summed E-state index contributed by atoms with van der Waals surface area (Å²) in [5.41, 5.74) is 0.862. The minimum atomic E-state index is -0.545. The van der Waals surface area contributed by atoms with Gasteiger partial charge in [0.15, 0.2) is 6.61 Å². The Morgan fingerprint density at radius 1 is 0.963 bits per heavy atom. The van der Waals surface area contributed by atoms with Crippen LogP contribution in [0.15, 0.2) is 42.5 Å². The van der Waals surface area contributed by atoms with Crippen molar-refractivity contribution in [2.45, 2.75) is 6.92 Å². The standard InChI is InChI=1S/C20H20F2N2O3/c1-14-2-7-18(22)17(12-14)20(26)24-10-8-23(9-11-24)19(25)13-27-16-5-3-15(21)4-6-16/h2-7,12H,8-11,13H2,1H3. The number of benzene rings is 2. The Labute approximate surface area is 156 Å². The Balaban J connectivity index is 1.52. The van der Waals surface area contributed by atoms with Gasteiger partial charge in [-0.25, -0.2) is 8.78 Å². The highest BCUT2D eigenvalue weighted by molar-refractivity contribution is 5.95. The second-order valence-corrected chi connectivity index (χ2v) is 6.40. The molecule has 2 aromatic rings. The van der Waals surface area contributed by atoms with Crippen LogP contribution in [0.25, 0.3) is 0 Å². The van der Waals surface area contributed by atoms with Gasteiger partial charge in [-0.3, -0.25) is 9.59 Å². The van der Waals surface area contributed by atoms with E-state index in [1.165, 1.54) is 36.4 Å². The van der Waals surface area contributed by atoms with Gasteiger partial charge in [-0.2, -0.15) is 0 Å². The quantitative estimate of drug-likeness (QED) is 0.827. The Hall–Kier alpha value is -2.96. The summed E-state index contributed by atoms with van der Waals surface area (Å²) in [6.45, 7) is 3.00. The molecule has 0 spiro atoms. The van der Waals surface area contributed by atoms with Crippen LogP contribution in [0, 0.1) is 18.6 Å². The highest BCUT2D eigenvalue weighted by Gasteiger charge is 2.26. The molecule has 1 heterocycles. The van der Waals surface area contributed by atoms with E-state index < -0.39 is 5.82 Å². The van der Waals surface area contributed by atoms with Crippen molar-refractivity contribution >= 4 is 11.8 Å². The molecule has 0 bridgehead atoms. The Morgan fingerprint density at radius 3 is 2.26 bits per heavy atom. The molecule has 0 atom stereocenters. The highest BCUT2D eigenvalue weighted by atomic mass is 19.1. The zero-order chi connectivity index (χ0) is 19.4. The van der Waals surface area contributed by atoms with Crippen LogP contribution in [0.5, 0.6) is 5.75 Å². The fraction of sp³-hybridized carbons (Fsp3) is 0.300. The third kappa shape index (κ3) is 4.61. The van der Waals surface area contributed by atoms with Crippen molar-refractivity contribution in [1.82, 2.24) is 9.80 Å². The smallest absolute Gasteiger partial charge is 0.260 e. The number of carbonyl (C=O) groups is 2. The molecule has 1 aliphatic rings. The molecule has 142 valence electrons. The first-order chi connectivity index (χ1) is 12.9. The molecule has 0 saturated carbocycles. The van der Waals surface area contributed by atoms with Gasteiger partial charge in [0.05, 0.1) is 5.56 Å². The fourth-order valence-corrected chi connectivity index (χ4v) is 2.90. The lowest BCUT2D eigenvalue weighted by molar-refractivity contribution is -0.134. The summed E-state index contributed by atoms with van der Waals surface area (Å²) in [5, 5.41) is 0. The van der Waals surface area contributed by atoms with Crippen LogP contribution < -0.4 is 4.74 Å². The third-order valence-electron chi connectivity index (χ3n) is 4.45. The van der Waals surface area contributed by atoms with Gasteiger partial charge in [0.1, 0.15) is 17.4 Å². The number of hydrogen-bond donors (Lipinski definition) is 0. The molecule has 0 aliphatic carbocycles. The molecule has 2 aromatic carbocycles. The molecular formula is C20H20F2N2O3. The van der Waals surface area contributed by atoms with E-state index in [0.717, 1.165) is 5.56 Å². The van der Waals surface area contributed by atoms with E-state index in [1.54, 1.807) is 22.8 Å². The molecule has 3 rings (SSSR count). The van der Waals surface area contributed by atoms with Gasteiger partial charge in [0.25, 0.3) is 11.8 Å². The van der Waals surface area contributed by atoms with Gasteiger partial charge in [0, 0.05) is 26.2 Å². The Bertz CT molecular complexity index is 832. The van der Waals surface area contributed by atoms with E-state index in [2.05, 4.69) is 0 Å². The summed E-state index contributed by atoms with van der Waals surface area (Å²) < 4.78 is 32.1. The van der Waals surface area contributed by atoms with Crippen LogP contribution in [0.1, 0.15) is 15.9 Å². The van der Waals surface area contributed by atoms with Crippen molar-refractivity contribution in [3.05, 3.63) is 65.2 Å². The normalized spacial score (nSPS) is 14.2. The number of ether oxygens (including phenoxy) is 1. The molecule has 7 heteroatoms. The topological polar surface area (TPSA) is 49.9 Å². The molecule has 0 radical (unpaired) electrons. The number of nitrogens with zero attached hydrogens (tertiary/aromatic N) is 2. The molecule has 1 saturated heterocycles. The molecule has 5 nitrogen and oxygen atoms in total. The number of halogens is 2. The van der Waals surface area contributed by atoms with Gasteiger partial charge in [-0.05, 0) is 43.3 Å². The number of carbonyl (C=O) groups excluding carboxylic acids is 2. The van der Waals surface area contributed by atoms with Crippen LogP contribution in [-0.4, -0.2) is 54.4 Å². The van der Waals surface area contributed by atoms with E-state index in [1.807, 2.05) is 0 Å². The fourth-order valence-electron chi connectivity index (χ4n) is 2.90. The zero-order valence-corrected chi connectivity index (χ0v) is 15.0. The van der Waals surface area contributed by atoms with Crippen molar-refractivity contribution in [3.63, 3.8) is 0 Å². The van der Waals surface area contributed by atoms with Crippen molar-refractivity contribution in [3.8, 4) is 5.75 Å². The Morgan fingerprint density at radius 2 is 1.59 bits per heavy atom. The first kappa shape index (κ1) is 18.8. The number of hydrogen-bond acceptors (Lipinski definition) is 3. The minimum Gasteiger partial charge on any atom is -0.484 e. The van der Waals surface area contributed by atoms with Crippen LogP contribution in [0.3, 0.4) is 0 Å². The minimum absolute atomic E-state index is 0.0504. The summed E-state index contributed by atoms with van der Waals surface area (Å²) in [7, 11) is 0. The Kier molecular flexibility index (Phi) is 5.69. The van der Waals surface area contributed by atoms with Crippen LogP contribution in [-0.2, 0) is 4.79 Å². The first-order valence-electron chi connectivity index (χ1n) is 8.65. The van der Waals surface area contributed by atoms with Crippen molar-refractivity contribution in [1.29, 1.82) is 0 Å². The number of amides is 2. The van der Waals surface area contributed by atoms with Gasteiger partial charge in [-0.1, -0.05) is 11.6 Å². The molecule has 0 N–H and O–H groups in total. The number of piperazine rings is 1. The lowest BCUT2D eigenvalue weighted by Crippen LogP contribution is -2.51. The number of aryl methyl sites for hydroxylation is 1. The molecule has 2 amide bonds. The lowest BCUT2D eigenvalue weighted by Gasteiger charge is -2.34. The maximum atomic E-state index is 13.9. The summed E-state index contributed by atoms with van der Waals surface area (Å²) in [6.07, 6.45) is 0. The van der Waals surface area contributed by atoms with E-state index in [0.29, 0.717) is 31.9 Å². The van der Waals surface area contributed by atoms with Gasteiger partial charge < -0.3 is 14.5 Å². The molecule has 0 aromatic heterocycles. The lowest BCUT2D eigenvalue weighted by atomic mass is 10.1. The summed E-state index contributed by atoms with van der Waals surface area (Å²) in [5.74, 6) is -1.09. The van der Waals surface area contributed by atoms with Gasteiger partial charge in [-0.15, -0.1) is 0 Å². The maximum Gasteiger partial charge on any atom is 0.260 e. The number of rotatable bonds is 4. The molecular weight excluding hydrogens is 354 g/mol. The predicted octanol–water partition coefficient (Wildman–Crippen LogP) is 2.64. The third-order valence-corrected chi connectivity index (χ3v) is 4.45. The summed E-state index contributed by atoms with van der Waals surface area (Å²) in [6, 6.07) is 9.86. The second kappa shape index (κ2) is 8.16. The first-order valence-corrected chi connectivity index (χ1v) is 8.65. The van der Waals surface area contributed by atoms with E-state index >= 15 is 0 Å². The second-order valence-electron chi connectivity index (χ2n) is 6.40. The summed E-state index contributed by atoms with van der Waals surface area (Å²) in [4.78, 5) is 27.9. The summed E-state index contributed by atoms with van der Waals surface area (Å²) >= 11 is 0. The van der Waals surface area contributed by atoms with Crippen LogP contribution in [0.2, 0.25) is 0 Å².